The van der Waals surface area contributed by atoms with Gasteiger partial charge in [0.05, 0.1) is 16.5 Å². The van der Waals surface area contributed by atoms with Crippen LogP contribution in [0.4, 0.5) is 0 Å². The smallest absolute Gasteiger partial charge is 0.343 e. The molecule has 0 unspecified atom stereocenters. The van der Waals surface area contributed by atoms with Gasteiger partial charge in [-0.05, 0) is 79.7 Å². The van der Waals surface area contributed by atoms with Gasteiger partial charge in [0.1, 0.15) is 11.5 Å². The fraction of sp³-hybridized carbons (Fsp3) is 0.0345. The third-order valence-electron chi connectivity index (χ3n) is 4.88. The Morgan fingerprint density at radius 3 is 1.56 bits per heavy atom. The van der Waals surface area contributed by atoms with Gasteiger partial charge >= 0.3 is 11.9 Å². The van der Waals surface area contributed by atoms with Gasteiger partial charge in [-0.2, -0.15) is 0 Å². The molecule has 4 rings (SSSR count). The van der Waals surface area contributed by atoms with E-state index in [4.69, 9.17) is 9.47 Å². The second-order valence-corrected chi connectivity index (χ2v) is 9.51. The lowest BCUT2D eigenvalue weighted by molar-refractivity contribution is -0.130. The van der Waals surface area contributed by atoms with Crippen molar-refractivity contribution in [3.8, 4) is 11.5 Å². The van der Waals surface area contributed by atoms with Crippen molar-refractivity contribution in [1.29, 1.82) is 0 Å². The van der Waals surface area contributed by atoms with Crippen LogP contribution in [0.25, 0.3) is 0 Å². The molecule has 4 aromatic rings. The van der Waals surface area contributed by atoms with Crippen molar-refractivity contribution in [1.82, 2.24) is 0 Å². The van der Waals surface area contributed by atoms with Crippen LogP contribution in [-0.2, 0) is 15.7 Å². The molecule has 0 aromatic heterocycles. The van der Waals surface area contributed by atoms with Crippen LogP contribution in [0.3, 0.4) is 0 Å². The Hall–Kier alpha value is -4.09. The molecule has 4 aromatic carbocycles. The predicted molar refractivity (Wildman–Crippen MR) is 133 cm³/mol. The van der Waals surface area contributed by atoms with E-state index in [9.17, 15) is 9.59 Å². The largest absolute Gasteiger partial charge is 0.423 e. The van der Waals surface area contributed by atoms with Crippen LogP contribution >= 0.6 is 0 Å². The van der Waals surface area contributed by atoms with Gasteiger partial charge in [0, 0.05) is 5.57 Å². The van der Waals surface area contributed by atoms with Crippen LogP contribution in [0.1, 0.15) is 17.3 Å². The molecular formula is C29H23O4S+. The molecule has 0 fully saturated rings. The van der Waals surface area contributed by atoms with Crippen LogP contribution in [0.5, 0.6) is 11.5 Å². The fourth-order valence-electron chi connectivity index (χ4n) is 3.18. The number of esters is 2. The van der Waals surface area contributed by atoms with Crippen LogP contribution in [0, 0.1) is 0 Å². The Kier molecular flexibility index (Phi) is 7.25. The van der Waals surface area contributed by atoms with E-state index in [0.717, 1.165) is 4.90 Å². The monoisotopic (exact) mass is 467 g/mol. The number of carbonyl (C=O) groups is 2. The average Bonchev–Trinajstić information content (AvgIpc) is 2.87. The van der Waals surface area contributed by atoms with Crippen LogP contribution in [-0.4, -0.2) is 11.9 Å². The summed E-state index contributed by atoms with van der Waals surface area (Å²) in [5.74, 6) is -0.213. The zero-order valence-corrected chi connectivity index (χ0v) is 19.5. The summed E-state index contributed by atoms with van der Waals surface area (Å²) < 4.78 is 10.7. The molecule has 0 aliphatic heterocycles. The summed E-state index contributed by atoms with van der Waals surface area (Å²) >= 11 is 0. The third-order valence-corrected chi connectivity index (χ3v) is 7.11. The maximum absolute atomic E-state index is 12.6. The summed E-state index contributed by atoms with van der Waals surface area (Å²) in [5, 5.41) is 0. The quantitative estimate of drug-likeness (QED) is 0.135. The first-order chi connectivity index (χ1) is 16.5. The van der Waals surface area contributed by atoms with Crippen molar-refractivity contribution in [2.75, 3.05) is 0 Å². The van der Waals surface area contributed by atoms with Gasteiger partial charge in [0.25, 0.3) is 0 Å². The second kappa shape index (κ2) is 10.7. The SMILES string of the molecule is C=C(C)C(=O)Oc1ccc(C(=O)Oc2ccc([S+](c3ccccc3)c3ccccc3)cc2)cc1. The molecule has 0 saturated carbocycles. The summed E-state index contributed by atoms with van der Waals surface area (Å²) in [5.41, 5.74) is 0.654. The predicted octanol–water partition coefficient (Wildman–Crippen LogP) is 6.48. The summed E-state index contributed by atoms with van der Waals surface area (Å²) in [6.07, 6.45) is 0. The van der Waals surface area contributed by atoms with E-state index in [0.29, 0.717) is 22.6 Å². The van der Waals surface area contributed by atoms with Crippen LogP contribution in [0.2, 0.25) is 0 Å². The van der Waals surface area contributed by atoms with E-state index in [1.807, 2.05) is 60.7 Å². The number of carbonyl (C=O) groups excluding carboxylic acids is 2. The van der Waals surface area contributed by atoms with Crippen LogP contribution in [0.15, 0.2) is 136 Å². The highest BCUT2D eigenvalue weighted by Gasteiger charge is 2.28. The summed E-state index contributed by atoms with van der Waals surface area (Å²) in [6.45, 7) is 5.12. The Morgan fingerprint density at radius 1 is 0.618 bits per heavy atom. The molecule has 0 radical (unpaired) electrons. The topological polar surface area (TPSA) is 52.6 Å². The second-order valence-electron chi connectivity index (χ2n) is 7.49. The molecule has 0 amide bonds. The average molecular weight is 468 g/mol. The lowest BCUT2D eigenvalue weighted by Gasteiger charge is -2.09. The Morgan fingerprint density at radius 2 is 1.06 bits per heavy atom. The lowest BCUT2D eigenvalue weighted by atomic mass is 10.2. The minimum atomic E-state index is -0.513. The molecule has 0 saturated heterocycles. The van der Waals surface area contributed by atoms with E-state index in [1.54, 1.807) is 31.2 Å². The molecule has 0 atom stereocenters. The molecule has 0 aliphatic rings. The number of benzene rings is 4. The first kappa shape index (κ1) is 23.1. The minimum Gasteiger partial charge on any atom is -0.423 e. The maximum atomic E-state index is 12.6. The van der Waals surface area contributed by atoms with Gasteiger partial charge in [-0.15, -0.1) is 0 Å². The summed E-state index contributed by atoms with van der Waals surface area (Å²) in [6, 6.07) is 34.5. The Bertz CT molecular complexity index is 1240. The van der Waals surface area contributed by atoms with E-state index < -0.39 is 11.9 Å². The molecule has 5 heteroatoms. The first-order valence-corrected chi connectivity index (χ1v) is 11.9. The standard InChI is InChI=1S/C29H23O4S/c1-21(2)28(30)32-23-15-13-22(14-16-23)29(31)33-24-17-19-27(20-18-24)34(25-9-5-3-6-10-25)26-11-7-4-8-12-26/h3-20H,1H2,2H3/q+1. The van der Waals surface area contributed by atoms with Crippen molar-refractivity contribution in [2.45, 2.75) is 21.6 Å². The highest BCUT2D eigenvalue weighted by Crippen LogP contribution is 2.32. The first-order valence-electron chi connectivity index (χ1n) is 10.7. The number of rotatable bonds is 7. The molecule has 0 N–H and O–H groups in total. The molecule has 0 spiro atoms. The van der Waals surface area contributed by atoms with Gasteiger partial charge in [0.15, 0.2) is 14.7 Å². The number of hydrogen-bond donors (Lipinski definition) is 0. The summed E-state index contributed by atoms with van der Waals surface area (Å²) in [4.78, 5) is 27.7. The molecule has 34 heavy (non-hydrogen) atoms. The van der Waals surface area contributed by atoms with Crippen LogP contribution < -0.4 is 9.47 Å². The van der Waals surface area contributed by atoms with Gasteiger partial charge in [-0.3, -0.25) is 0 Å². The van der Waals surface area contributed by atoms with Crippen molar-refractivity contribution >= 4 is 22.8 Å². The highest BCUT2D eigenvalue weighted by molar-refractivity contribution is 7.97. The lowest BCUT2D eigenvalue weighted by Crippen LogP contribution is -2.10. The number of ether oxygens (including phenoxy) is 2. The van der Waals surface area contributed by atoms with Crippen molar-refractivity contribution in [3.05, 3.63) is 127 Å². The van der Waals surface area contributed by atoms with Gasteiger partial charge < -0.3 is 9.47 Å². The Labute approximate surface area is 201 Å². The van der Waals surface area contributed by atoms with Gasteiger partial charge in [-0.25, -0.2) is 9.59 Å². The van der Waals surface area contributed by atoms with E-state index in [2.05, 4.69) is 30.8 Å². The molecular weight excluding hydrogens is 444 g/mol. The zero-order valence-electron chi connectivity index (χ0n) is 18.6. The summed E-state index contributed by atoms with van der Waals surface area (Å²) in [7, 11) is -0.271. The van der Waals surface area contributed by atoms with Crippen molar-refractivity contribution in [2.24, 2.45) is 0 Å². The number of hydrogen-bond acceptors (Lipinski definition) is 4. The van der Waals surface area contributed by atoms with Crippen molar-refractivity contribution in [3.63, 3.8) is 0 Å². The normalized spacial score (nSPS) is 10.5. The zero-order chi connectivity index (χ0) is 23.9. The molecule has 0 heterocycles. The van der Waals surface area contributed by atoms with E-state index in [-0.39, 0.29) is 10.9 Å². The maximum Gasteiger partial charge on any atom is 0.343 e. The van der Waals surface area contributed by atoms with Gasteiger partial charge in [-0.1, -0.05) is 43.0 Å². The minimum absolute atomic E-state index is 0.271. The molecule has 168 valence electrons. The van der Waals surface area contributed by atoms with Crippen molar-refractivity contribution < 1.29 is 19.1 Å². The molecule has 0 bridgehead atoms. The fourth-order valence-corrected chi connectivity index (χ4v) is 5.27. The Balaban J connectivity index is 1.49. The van der Waals surface area contributed by atoms with E-state index in [1.165, 1.54) is 9.79 Å². The van der Waals surface area contributed by atoms with Gasteiger partial charge in [0.2, 0.25) is 0 Å². The molecule has 4 nitrogen and oxygen atoms in total. The molecule has 0 aliphatic carbocycles. The highest BCUT2D eigenvalue weighted by atomic mass is 32.2. The third kappa shape index (κ3) is 5.63. The van der Waals surface area contributed by atoms with E-state index >= 15 is 0 Å².